The summed E-state index contributed by atoms with van der Waals surface area (Å²) in [6.07, 6.45) is -2.42. The Morgan fingerprint density at radius 1 is 0.946 bits per heavy atom. The van der Waals surface area contributed by atoms with Crippen LogP contribution in [0.25, 0.3) is 0 Å². The standard InChI is InChI=1S/C26H36O11/c1-12(27)34-17-8-9-22(4,5)26(33)21(36-14(3)29)20(35-13(2)28)19-15(23(17,26)6)11-25(32)16(24(19,7)31)10-18(30)37-25/h10,15,17,19-21,31-33H,8-9,11H2,1-7H3/t15-,17-,19-,20+,21-,23-,24+,25+,26+/m0/s1. The SMILES string of the molecule is CC(=O)O[C@@H]1[C@@H]2[C@H](C[C@@]3(O)OC(=O)C=C3[C@@]2(C)O)[C@@]2(C)[C@@H](OC(C)=O)CCC(C)(C)[C@]2(O)[C@H]1OC(C)=O. The van der Waals surface area contributed by atoms with Crippen LogP contribution in [0.2, 0.25) is 0 Å². The van der Waals surface area contributed by atoms with Crippen molar-refractivity contribution in [2.75, 3.05) is 0 Å². The van der Waals surface area contributed by atoms with Crippen LogP contribution in [-0.4, -0.2) is 74.5 Å². The predicted octanol–water partition coefficient (Wildman–Crippen LogP) is 0.911. The number of ether oxygens (including phenoxy) is 4. The van der Waals surface area contributed by atoms with Crippen molar-refractivity contribution in [3.05, 3.63) is 11.6 Å². The quantitative estimate of drug-likeness (QED) is 0.355. The summed E-state index contributed by atoms with van der Waals surface area (Å²) in [6.45, 7) is 10.1. The van der Waals surface area contributed by atoms with Gasteiger partial charge in [0.2, 0.25) is 5.79 Å². The highest BCUT2D eigenvalue weighted by Crippen LogP contribution is 2.70. The molecule has 0 saturated heterocycles. The van der Waals surface area contributed by atoms with Gasteiger partial charge in [0.25, 0.3) is 0 Å². The lowest BCUT2D eigenvalue weighted by Gasteiger charge is -2.71. The third-order valence-corrected chi connectivity index (χ3v) is 9.37. The smallest absolute Gasteiger partial charge is 0.333 e. The number of rotatable bonds is 3. The van der Waals surface area contributed by atoms with Crippen LogP contribution in [0.5, 0.6) is 0 Å². The summed E-state index contributed by atoms with van der Waals surface area (Å²) in [5.74, 6) is -7.22. The first-order valence-electron chi connectivity index (χ1n) is 12.5. The molecule has 1 heterocycles. The van der Waals surface area contributed by atoms with E-state index in [-0.39, 0.29) is 12.0 Å². The van der Waals surface area contributed by atoms with Gasteiger partial charge in [-0.1, -0.05) is 20.8 Å². The maximum absolute atomic E-state index is 12.8. The lowest BCUT2D eigenvalue weighted by molar-refractivity contribution is -0.361. The molecule has 4 rings (SSSR count). The van der Waals surface area contributed by atoms with Gasteiger partial charge in [-0.25, -0.2) is 4.79 Å². The summed E-state index contributed by atoms with van der Waals surface area (Å²) in [5.41, 5.74) is -6.59. The van der Waals surface area contributed by atoms with Gasteiger partial charge in [0.15, 0.2) is 6.10 Å². The average Bonchev–Trinajstić information content (AvgIpc) is 3.05. The number of carbonyl (C=O) groups excluding carboxylic acids is 4. The van der Waals surface area contributed by atoms with Crippen LogP contribution in [-0.2, 0) is 38.1 Å². The second-order valence-electron chi connectivity index (χ2n) is 11.9. The van der Waals surface area contributed by atoms with E-state index >= 15 is 0 Å². The molecule has 3 aliphatic carbocycles. The molecular formula is C26H36O11. The molecule has 0 aromatic heterocycles. The highest BCUT2D eigenvalue weighted by atomic mass is 16.7. The van der Waals surface area contributed by atoms with E-state index in [1.54, 1.807) is 20.8 Å². The third kappa shape index (κ3) is 3.64. The monoisotopic (exact) mass is 524 g/mol. The number of esters is 4. The van der Waals surface area contributed by atoms with Crippen molar-refractivity contribution in [3.8, 4) is 0 Å². The molecule has 11 heteroatoms. The van der Waals surface area contributed by atoms with Crippen molar-refractivity contribution in [2.24, 2.45) is 22.7 Å². The van der Waals surface area contributed by atoms with Crippen LogP contribution in [0.4, 0.5) is 0 Å². The molecule has 0 radical (unpaired) electrons. The molecule has 37 heavy (non-hydrogen) atoms. The maximum Gasteiger partial charge on any atom is 0.333 e. The van der Waals surface area contributed by atoms with Gasteiger partial charge in [0, 0.05) is 50.2 Å². The molecular weight excluding hydrogens is 488 g/mol. The van der Waals surface area contributed by atoms with Gasteiger partial charge in [-0.15, -0.1) is 0 Å². The molecule has 0 bridgehead atoms. The number of hydrogen-bond acceptors (Lipinski definition) is 11. The highest BCUT2D eigenvalue weighted by molar-refractivity contribution is 5.87. The molecule has 0 unspecified atom stereocenters. The van der Waals surface area contributed by atoms with Crippen molar-refractivity contribution in [3.63, 3.8) is 0 Å². The van der Waals surface area contributed by atoms with Gasteiger partial charge < -0.3 is 34.3 Å². The van der Waals surface area contributed by atoms with Crippen molar-refractivity contribution >= 4 is 23.9 Å². The lowest BCUT2D eigenvalue weighted by Crippen LogP contribution is -2.82. The summed E-state index contributed by atoms with van der Waals surface area (Å²) < 4.78 is 22.4. The fraction of sp³-hybridized carbons (Fsp3) is 0.769. The minimum absolute atomic E-state index is 0.127. The normalized spacial score (nSPS) is 45.8. The second kappa shape index (κ2) is 8.25. The first kappa shape index (κ1) is 27.5. The Hall–Kier alpha value is -2.50. The van der Waals surface area contributed by atoms with Crippen LogP contribution in [0, 0.1) is 22.7 Å². The van der Waals surface area contributed by atoms with Crippen LogP contribution in [0.3, 0.4) is 0 Å². The number of hydrogen-bond donors (Lipinski definition) is 3. The Labute approximate surface area is 215 Å². The number of fused-ring (bicyclic) bond motifs is 4. The fourth-order valence-electron chi connectivity index (χ4n) is 7.94. The maximum atomic E-state index is 12.8. The van der Waals surface area contributed by atoms with Gasteiger partial charge >= 0.3 is 23.9 Å². The summed E-state index contributed by atoms with van der Waals surface area (Å²) in [4.78, 5) is 49.2. The molecule has 1 aliphatic heterocycles. The molecule has 0 amide bonds. The molecule has 11 nitrogen and oxygen atoms in total. The minimum Gasteiger partial charge on any atom is -0.462 e. The molecule has 9 atom stereocenters. The average molecular weight is 525 g/mol. The van der Waals surface area contributed by atoms with E-state index in [1.807, 2.05) is 0 Å². The van der Waals surface area contributed by atoms with Gasteiger partial charge in [0.05, 0.1) is 5.60 Å². The zero-order valence-corrected chi connectivity index (χ0v) is 22.2. The van der Waals surface area contributed by atoms with Crippen LogP contribution in [0.1, 0.15) is 67.7 Å². The molecule has 206 valence electrons. The first-order valence-corrected chi connectivity index (χ1v) is 12.5. The van der Waals surface area contributed by atoms with Gasteiger partial charge in [0.1, 0.15) is 17.8 Å². The van der Waals surface area contributed by atoms with Crippen molar-refractivity contribution in [1.29, 1.82) is 0 Å². The molecule has 0 aromatic rings. The van der Waals surface area contributed by atoms with Crippen LogP contribution >= 0.6 is 0 Å². The molecule has 0 spiro atoms. The highest BCUT2D eigenvalue weighted by Gasteiger charge is 2.80. The Balaban J connectivity index is 2.06. The Bertz CT molecular complexity index is 1080. The van der Waals surface area contributed by atoms with E-state index in [0.29, 0.717) is 12.8 Å². The summed E-state index contributed by atoms with van der Waals surface area (Å²) in [6, 6.07) is 0. The zero-order chi connectivity index (χ0) is 27.9. The second-order valence-corrected chi connectivity index (χ2v) is 11.9. The van der Waals surface area contributed by atoms with Crippen LogP contribution < -0.4 is 0 Å². The van der Waals surface area contributed by atoms with Crippen molar-refractivity contribution in [1.82, 2.24) is 0 Å². The van der Waals surface area contributed by atoms with E-state index in [9.17, 15) is 34.5 Å². The topological polar surface area (TPSA) is 166 Å². The molecule has 3 N–H and O–H groups in total. The Morgan fingerprint density at radius 3 is 2.05 bits per heavy atom. The number of carbonyl (C=O) groups is 4. The Morgan fingerprint density at radius 2 is 1.51 bits per heavy atom. The predicted molar refractivity (Wildman–Crippen MR) is 124 cm³/mol. The van der Waals surface area contributed by atoms with E-state index in [2.05, 4.69) is 0 Å². The summed E-state index contributed by atoms with van der Waals surface area (Å²) >= 11 is 0. The van der Waals surface area contributed by atoms with Gasteiger partial charge in [-0.3, -0.25) is 14.4 Å². The first-order chi connectivity index (χ1) is 16.8. The molecule has 4 aliphatic rings. The van der Waals surface area contributed by atoms with E-state index in [0.717, 1.165) is 19.9 Å². The molecule has 3 fully saturated rings. The van der Waals surface area contributed by atoms with Crippen LogP contribution in [0.15, 0.2) is 11.6 Å². The van der Waals surface area contributed by atoms with Crippen molar-refractivity contribution < 1.29 is 53.4 Å². The van der Waals surface area contributed by atoms with Gasteiger partial charge in [-0.05, 0) is 31.1 Å². The third-order valence-electron chi connectivity index (χ3n) is 9.37. The molecule has 0 aromatic carbocycles. The van der Waals surface area contributed by atoms with E-state index < -0.39 is 81.8 Å². The van der Waals surface area contributed by atoms with Gasteiger partial charge in [-0.2, -0.15) is 0 Å². The largest absolute Gasteiger partial charge is 0.462 e. The summed E-state index contributed by atoms with van der Waals surface area (Å²) in [7, 11) is 0. The number of aliphatic hydroxyl groups is 3. The van der Waals surface area contributed by atoms with E-state index in [4.69, 9.17) is 18.9 Å². The summed E-state index contributed by atoms with van der Waals surface area (Å²) in [5, 5.41) is 36.2. The Kier molecular flexibility index (Phi) is 6.14. The zero-order valence-electron chi connectivity index (χ0n) is 22.2. The minimum atomic E-state index is -2.21. The lowest BCUT2D eigenvalue weighted by atomic mass is 9.38. The fourth-order valence-corrected chi connectivity index (χ4v) is 7.94. The van der Waals surface area contributed by atoms with E-state index in [1.165, 1.54) is 13.8 Å². The van der Waals surface area contributed by atoms with Crippen molar-refractivity contribution in [2.45, 2.75) is 103 Å². The molecule has 3 saturated carbocycles.